The number of carboxylic acid groups (broad SMARTS) is 2. The van der Waals surface area contributed by atoms with E-state index in [2.05, 4.69) is 5.32 Å². The minimum Gasteiger partial charge on any atom is -0.481 e. The van der Waals surface area contributed by atoms with Crippen molar-refractivity contribution in [2.45, 2.75) is 6.61 Å². The number of hydrogen-bond acceptors (Lipinski definition) is 5. The molecule has 0 saturated carbocycles. The lowest BCUT2D eigenvalue weighted by atomic mass is 10.0. The van der Waals surface area contributed by atoms with E-state index in [1.807, 2.05) is 30.3 Å². The molecular weight excluding hydrogens is 316 g/mol. The molecule has 0 radical (unpaired) electrons. The molecule has 8 nitrogen and oxygen atoms in total. The van der Waals surface area contributed by atoms with E-state index in [0.29, 0.717) is 13.1 Å². The van der Waals surface area contributed by atoms with Crippen LogP contribution in [0.15, 0.2) is 30.3 Å². The summed E-state index contributed by atoms with van der Waals surface area (Å²) in [5.74, 6) is -2.10. The molecule has 0 unspecified atom stereocenters. The maximum absolute atomic E-state index is 11.5. The van der Waals surface area contributed by atoms with Crippen LogP contribution in [-0.2, 0) is 20.9 Å². The second-order valence-corrected chi connectivity index (χ2v) is 5.67. The SMILES string of the molecule is O=C(O)C1CN(C(=O)OCc2ccccc2)C1.O=C(O)C1CNC1. The van der Waals surface area contributed by atoms with E-state index in [-0.39, 0.29) is 25.6 Å². The lowest BCUT2D eigenvalue weighted by molar-refractivity contribution is -0.146. The summed E-state index contributed by atoms with van der Waals surface area (Å²) in [6.45, 7) is 1.99. The van der Waals surface area contributed by atoms with Crippen LogP contribution in [0.25, 0.3) is 0 Å². The first kappa shape index (κ1) is 17.7. The summed E-state index contributed by atoms with van der Waals surface area (Å²) in [5, 5.41) is 19.7. The van der Waals surface area contributed by atoms with Crippen LogP contribution in [-0.4, -0.2) is 59.3 Å². The predicted octanol–water partition coefficient (Wildman–Crippen LogP) is 0.630. The Morgan fingerprint density at radius 2 is 1.62 bits per heavy atom. The van der Waals surface area contributed by atoms with Gasteiger partial charge in [0.25, 0.3) is 0 Å². The Balaban J connectivity index is 0.000000249. The number of carbonyl (C=O) groups is 3. The van der Waals surface area contributed by atoms with Crippen molar-refractivity contribution >= 4 is 18.0 Å². The lowest BCUT2D eigenvalue weighted by Gasteiger charge is -2.35. The lowest BCUT2D eigenvalue weighted by Crippen LogP contribution is -2.53. The molecule has 2 aliphatic rings. The zero-order valence-electron chi connectivity index (χ0n) is 13.1. The van der Waals surface area contributed by atoms with Gasteiger partial charge in [-0.1, -0.05) is 30.3 Å². The summed E-state index contributed by atoms with van der Waals surface area (Å²) in [7, 11) is 0. The van der Waals surface area contributed by atoms with Crippen molar-refractivity contribution in [3.63, 3.8) is 0 Å². The molecule has 1 aromatic carbocycles. The Kier molecular flexibility index (Phi) is 6.14. The Labute approximate surface area is 139 Å². The van der Waals surface area contributed by atoms with E-state index in [1.165, 1.54) is 4.90 Å². The average Bonchev–Trinajstić information content (AvgIpc) is 2.42. The number of nitrogens with one attached hydrogen (secondary N) is 1. The number of carboxylic acids is 2. The number of ether oxygens (including phenoxy) is 1. The van der Waals surface area contributed by atoms with Crippen LogP contribution in [0.1, 0.15) is 5.56 Å². The number of likely N-dealkylation sites (tertiary alicyclic amines) is 1. The highest BCUT2D eigenvalue weighted by Gasteiger charge is 2.36. The second-order valence-electron chi connectivity index (χ2n) is 5.67. The fourth-order valence-corrected chi connectivity index (χ4v) is 2.06. The normalized spacial score (nSPS) is 16.9. The van der Waals surface area contributed by atoms with E-state index in [1.54, 1.807) is 0 Å². The van der Waals surface area contributed by atoms with Crippen molar-refractivity contribution in [1.82, 2.24) is 10.2 Å². The van der Waals surface area contributed by atoms with Gasteiger partial charge >= 0.3 is 18.0 Å². The quantitative estimate of drug-likeness (QED) is 0.738. The largest absolute Gasteiger partial charge is 0.481 e. The van der Waals surface area contributed by atoms with Gasteiger partial charge in [0.15, 0.2) is 0 Å². The monoisotopic (exact) mass is 336 g/mol. The van der Waals surface area contributed by atoms with Gasteiger partial charge in [-0.25, -0.2) is 4.79 Å². The van der Waals surface area contributed by atoms with Gasteiger partial charge in [-0.05, 0) is 5.56 Å². The van der Waals surface area contributed by atoms with E-state index in [4.69, 9.17) is 14.9 Å². The Morgan fingerprint density at radius 3 is 2.04 bits per heavy atom. The minimum atomic E-state index is -0.864. The highest BCUT2D eigenvalue weighted by Crippen LogP contribution is 2.17. The van der Waals surface area contributed by atoms with Crippen molar-refractivity contribution in [1.29, 1.82) is 0 Å². The molecule has 130 valence electrons. The van der Waals surface area contributed by atoms with Crippen molar-refractivity contribution in [3.8, 4) is 0 Å². The van der Waals surface area contributed by atoms with Crippen LogP contribution in [0.3, 0.4) is 0 Å². The van der Waals surface area contributed by atoms with Crippen LogP contribution in [0, 0.1) is 11.8 Å². The molecule has 2 aliphatic heterocycles. The predicted molar refractivity (Wildman–Crippen MR) is 83.3 cm³/mol. The first-order valence-corrected chi connectivity index (χ1v) is 7.59. The van der Waals surface area contributed by atoms with Gasteiger partial charge < -0.3 is 25.2 Å². The number of benzene rings is 1. The second kappa shape index (κ2) is 8.30. The number of amides is 1. The minimum absolute atomic E-state index is 0.111. The standard InChI is InChI=1S/C12H13NO4.C4H7NO2/c14-11(15)10-6-13(7-10)12(16)17-8-9-4-2-1-3-5-9;6-4(7)3-1-5-2-3/h1-5,10H,6-8H2,(H,14,15);3,5H,1-2H2,(H,6,7). The molecule has 24 heavy (non-hydrogen) atoms. The fraction of sp³-hybridized carbons (Fsp3) is 0.438. The molecule has 3 N–H and O–H groups in total. The van der Waals surface area contributed by atoms with Crippen molar-refractivity contribution in [2.24, 2.45) is 11.8 Å². The molecule has 2 fully saturated rings. The molecule has 0 spiro atoms. The molecule has 0 atom stereocenters. The first-order valence-electron chi connectivity index (χ1n) is 7.59. The highest BCUT2D eigenvalue weighted by atomic mass is 16.6. The molecule has 2 heterocycles. The smallest absolute Gasteiger partial charge is 0.410 e. The highest BCUT2D eigenvalue weighted by molar-refractivity contribution is 5.76. The molecule has 0 bridgehead atoms. The van der Waals surface area contributed by atoms with E-state index >= 15 is 0 Å². The Bertz CT molecular complexity index is 581. The molecule has 1 aromatic rings. The van der Waals surface area contributed by atoms with Crippen LogP contribution < -0.4 is 5.32 Å². The maximum atomic E-state index is 11.5. The van der Waals surface area contributed by atoms with E-state index in [0.717, 1.165) is 5.56 Å². The number of rotatable bonds is 4. The molecule has 0 aliphatic carbocycles. The zero-order valence-corrected chi connectivity index (χ0v) is 13.1. The van der Waals surface area contributed by atoms with Gasteiger partial charge in [-0.2, -0.15) is 0 Å². The molecule has 3 rings (SSSR count). The van der Waals surface area contributed by atoms with Gasteiger partial charge in [-0.15, -0.1) is 0 Å². The van der Waals surface area contributed by atoms with Crippen LogP contribution in [0.4, 0.5) is 4.79 Å². The number of aliphatic carboxylic acids is 2. The summed E-state index contributed by atoms with van der Waals surface area (Å²) in [4.78, 5) is 33.4. The van der Waals surface area contributed by atoms with Crippen molar-refractivity contribution in [3.05, 3.63) is 35.9 Å². The maximum Gasteiger partial charge on any atom is 0.410 e. The number of nitrogens with zero attached hydrogens (tertiary/aromatic N) is 1. The third-order valence-electron chi connectivity index (χ3n) is 3.82. The molecule has 1 amide bonds. The summed E-state index contributed by atoms with van der Waals surface area (Å²) >= 11 is 0. The van der Waals surface area contributed by atoms with E-state index in [9.17, 15) is 14.4 Å². The average molecular weight is 336 g/mol. The zero-order chi connectivity index (χ0) is 17.5. The summed E-state index contributed by atoms with van der Waals surface area (Å²) < 4.78 is 5.05. The molecule has 8 heteroatoms. The molecule has 0 aromatic heterocycles. The third kappa shape index (κ3) is 4.95. The Morgan fingerprint density at radius 1 is 1.04 bits per heavy atom. The molecule has 2 saturated heterocycles. The van der Waals surface area contributed by atoms with E-state index < -0.39 is 23.9 Å². The van der Waals surface area contributed by atoms with Crippen LogP contribution in [0.5, 0.6) is 0 Å². The fourth-order valence-electron chi connectivity index (χ4n) is 2.06. The van der Waals surface area contributed by atoms with Gasteiger partial charge in [0.1, 0.15) is 6.61 Å². The van der Waals surface area contributed by atoms with Gasteiger partial charge in [0, 0.05) is 26.2 Å². The van der Waals surface area contributed by atoms with Crippen LogP contribution >= 0.6 is 0 Å². The Hall–Kier alpha value is -2.61. The van der Waals surface area contributed by atoms with Crippen molar-refractivity contribution < 1.29 is 29.3 Å². The van der Waals surface area contributed by atoms with Gasteiger partial charge in [0.05, 0.1) is 11.8 Å². The first-order chi connectivity index (χ1) is 11.5. The summed E-state index contributed by atoms with van der Waals surface area (Å²) in [5.41, 5.74) is 0.913. The van der Waals surface area contributed by atoms with Gasteiger partial charge in [0.2, 0.25) is 0 Å². The van der Waals surface area contributed by atoms with Crippen LogP contribution in [0.2, 0.25) is 0 Å². The number of carbonyl (C=O) groups excluding carboxylic acids is 1. The topological polar surface area (TPSA) is 116 Å². The third-order valence-corrected chi connectivity index (χ3v) is 3.82. The number of hydrogen-bond donors (Lipinski definition) is 3. The summed E-state index contributed by atoms with van der Waals surface area (Å²) in [6, 6.07) is 9.35. The summed E-state index contributed by atoms with van der Waals surface area (Å²) in [6.07, 6.45) is -0.452. The molecular formula is C16H20N2O6. The van der Waals surface area contributed by atoms with Crippen molar-refractivity contribution in [2.75, 3.05) is 26.2 Å². The van der Waals surface area contributed by atoms with Gasteiger partial charge in [-0.3, -0.25) is 9.59 Å².